The van der Waals surface area contributed by atoms with Crippen LogP contribution in [-0.2, 0) is 14.3 Å². The standard InChI is InChI=1S/C23H28BrNO3/c1-5-6-11-28-22(27)19-14(2)25-17-12-23(3,4)13-18(26)21(17)20(19)15-7-9-16(24)10-8-15/h7-10,20,25H,5-6,11-13H2,1-4H3/t20-/m0/s1. The second kappa shape index (κ2) is 8.24. The van der Waals surface area contributed by atoms with E-state index in [2.05, 4.69) is 42.0 Å². The predicted octanol–water partition coefficient (Wildman–Crippen LogP) is 5.40. The molecule has 150 valence electrons. The Morgan fingerprint density at radius 2 is 1.93 bits per heavy atom. The van der Waals surface area contributed by atoms with Crippen LogP contribution in [0.1, 0.15) is 64.9 Å². The minimum Gasteiger partial charge on any atom is -0.462 e. The van der Waals surface area contributed by atoms with Gasteiger partial charge in [0.25, 0.3) is 0 Å². The first-order valence-corrected chi connectivity index (χ1v) is 10.7. The van der Waals surface area contributed by atoms with Gasteiger partial charge in [-0.25, -0.2) is 4.79 Å². The summed E-state index contributed by atoms with van der Waals surface area (Å²) in [5, 5.41) is 3.37. The summed E-state index contributed by atoms with van der Waals surface area (Å²) >= 11 is 3.47. The number of halogens is 1. The Labute approximate surface area is 175 Å². The van der Waals surface area contributed by atoms with Gasteiger partial charge in [-0.1, -0.05) is 55.3 Å². The van der Waals surface area contributed by atoms with Gasteiger partial charge in [0, 0.05) is 33.8 Å². The van der Waals surface area contributed by atoms with Crippen molar-refractivity contribution in [3.63, 3.8) is 0 Å². The first kappa shape index (κ1) is 20.8. The van der Waals surface area contributed by atoms with Crippen molar-refractivity contribution in [3.05, 3.63) is 56.8 Å². The Morgan fingerprint density at radius 3 is 2.57 bits per heavy atom. The van der Waals surface area contributed by atoms with Crippen LogP contribution in [0.4, 0.5) is 0 Å². The third-order valence-corrected chi connectivity index (χ3v) is 5.92. The van der Waals surface area contributed by atoms with Gasteiger partial charge in [-0.05, 0) is 42.9 Å². The summed E-state index contributed by atoms with van der Waals surface area (Å²) in [7, 11) is 0. The van der Waals surface area contributed by atoms with Crippen molar-refractivity contribution in [1.29, 1.82) is 0 Å². The van der Waals surface area contributed by atoms with Crippen LogP contribution < -0.4 is 5.32 Å². The van der Waals surface area contributed by atoms with Crippen molar-refractivity contribution in [1.82, 2.24) is 5.32 Å². The second-order valence-electron chi connectivity index (χ2n) is 8.47. The monoisotopic (exact) mass is 445 g/mol. The lowest BCUT2D eigenvalue weighted by Crippen LogP contribution is -2.38. The zero-order chi connectivity index (χ0) is 20.5. The molecule has 5 heteroatoms. The number of ether oxygens (including phenoxy) is 1. The lowest BCUT2D eigenvalue weighted by Gasteiger charge is -2.39. The molecule has 0 fully saturated rings. The lowest BCUT2D eigenvalue weighted by molar-refractivity contribution is -0.139. The number of dihydropyridines is 1. The van der Waals surface area contributed by atoms with Crippen molar-refractivity contribution in [2.75, 3.05) is 6.61 Å². The van der Waals surface area contributed by atoms with E-state index < -0.39 is 0 Å². The largest absolute Gasteiger partial charge is 0.462 e. The molecule has 3 rings (SSSR count). The van der Waals surface area contributed by atoms with E-state index in [4.69, 9.17) is 4.74 Å². The number of benzene rings is 1. The molecule has 28 heavy (non-hydrogen) atoms. The zero-order valence-corrected chi connectivity index (χ0v) is 18.6. The molecule has 1 aliphatic carbocycles. The van der Waals surface area contributed by atoms with E-state index in [1.165, 1.54) is 0 Å². The van der Waals surface area contributed by atoms with Gasteiger partial charge in [0.15, 0.2) is 5.78 Å². The SMILES string of the molecule is CCCCOC(=O)C1=C(C)NC2=C(C(=O)CC(C)(C)C2)[C@H]1c1ccc(Br)cc1. The van der Waals surface area contributed by atoms with Crippen molar-refractivity contribution < 1.29 is 14.3 Å². The van der Waals surface area contributed by atoms with Gasteiger partial charge in [-0.2, -0.15) is 0 Å². The van der Waals surface area contributed by atoms with Crippen LogP contribution in [-0.4, -0.2) is 18.4 Å². The fourth-order valence-electron chi connectivity index (χ4n) is 4.08. The lowest BCUT2D eigenvalue weighted by atomic mass is 9.68. The number of esters is 1. The average Bonchev–Trinajstić information content (AvgIpc) is 2.60. The second-order valence-corrected chi connectivity index (χ2v) is 9.39. The first-order chi connectivity index (χ1) is 13.2. The highest BCUT2D eigenvalue weighted by molar-refractivity contribution is 9.10. The molecular formula is C23H28BrNO3. The highest BCUT2D eigenvalue weighted by atomic mass is 79.9. The van der Waals surface area contributed by atoms with Gasteiger partial charge in [-0.3, -0.25) is 4.79 Å². The molecule has 0 amide bonds. The van der Waals surface area contributed by atoms with E-state index in [1.54, 1.807) is 0 Å². The van der Waals surface area contributed by atoms with E-state index >= 15 is 0 Å². The van der Waals surface area contributed by atoms with Crippen molar-refractivity contribution in [3.8, 4) is 0 Å². The highest BCUT2D eigenvalue weighted by Crippen LogP contribution is 2.46. The predicted molar refractivity (Wildman–Crippen MR) is 114 cm³/mol. The molecule has 1 heterocycles. The molecule has 4 nitrogen and oxygen atoms in total. The molecule has 0 radical (unpaired) electrons. The number of ketones is 1. The highest BCUT2D eigenvalue weighted by Gasteiger charge is 2.43. The van der Waals surface area contributed by atoms with Crippen molar-refractivity contribution in [2.24, 2.45) is 5.41 Å². The number of unbranched alkanes of at least 4 members (excludes halogenated alkanes) is 1. The first-order valence-electron chi connectivity index (χ1n) is 9.90. The Bertz CT molecular complexity index is 849. The summed E-state index contributed by atoms with van der Waals surface area (Å²) in [4.78, 5) is 26.1. The van der Waals surface area contributed by atoms with E-state index in [0.29, 0.717) is 18.6 Å². The molecule has 0 aromatic heterocycles. The topological polar surface area (TPSA) is 55.4 Å². The van der Waals surface area contributed by atoms with Crippen LogP contribution in [0, 0.1) is 5.41 Å². The van der Waals surface area contributed by atoms with Gasteiger partial charge in [0.1, 0.15) is 0 Å². The molecule has 0 saturated heterocycles. The fourth-order valence-corrected chi connectivity index (χ4v) is 4.35. The molecule has 1 atom stereocenters. The molecule has 1 aromatic rings. The quantitative estimate of drug-likeness (QED) is 0.486. The number of nitrogens with one attached hydrogen (secondary N) is 1. The molecule has 0 bridgehead atoms. The van der Waals surface area contributed by atoms with Gasteiger partial charge < -0.3 is 10.1 Å². The molecule has 1 aromatic carbocycles. The van der Waals surface area contributed by atoms with Crippen molar-refractivity contribution in [2.45, 2.75) is 59.3 Å². The normalized spacial score (nSPS) is 21.3. The van der Waals surface area contributed by atoms with Crippen molar-refractivity contribution >= 4 is 27.7 Å². The minimum atomic E-state index is -0.387. The van der Waals surface area contributed by atoms with Crippen LogP contribution in [0.5, 0.6) is 0 Å². The van der Waals surface area contributed by atoms with Gasteiger partial charge >= 0.3 is 5.97 Å². The summed E-state index contributed by atoms with van der Waals surface area (Å²) < 4.78 is 6.51. The number of Topliss-reactive ketones (excluding diaryl/α,β-unsaturated/α-hetero) is 1. The maximum absolute atomic E-state index is 13.1. The van der Waals surface area contributed by atoms with Crippen LogP contribution in [0.3, 0.4) is 0 Å². The van der Waals surface area contributed by atoms with Gasteiger partial charge in [0.2, 0.25) is 0 Å². The maximum atomic E-state index is 13.1. The van der Waals surface area contributed by atoms with E-state index in [-0.39, 0.29) is 23.1 Å². The Morgan fingerprint density at radius 1 is 1.25 bits per heavy atom. The van der Waals surface area contributed by atoms with E-state index in [9.17, 15) is 9.59 Å². The summed E-state index contributed by atoms with van der Waals surface area (Å²) in [6.45, 7) is 8.58. The average molecular weight is 446 g/mol. The number of carbonyl (C=O) groups excluding carboxylic acids is 2. The van der Waals surface area contributed by atoms with Crippen LogP contribution in [0.15, 0.2) is 51.3 Å². The molecule has 0 spiro atoms. The Hall–Kier alpha value is -1.88. The molecular weight excluding hydrogens is 418 g/mol. The Balaban J connectivity index is 2.07. The smallest absolute Gasteiger partial charge is 0.336 e. The maximum Gasteiger partial charge on any atom is 0.336 e. The van der Waals surface area contributed by atoms with E-state index in [0.717, 1.165) is 46.3 Å². The summed E-state index contributed by atoms with van der Waals surface area (Å²) in [6.07, 6.45) is 3.06. The van der Waals surface area contributed by atoms with Crippen LogP contribution in [0.25, 0.3) is 0 Å². The number of hydrogen-bond donors (Lipinski definition) is 1. The van der Waals surface area contributed by atoms with Crippen LogP contribution >= 0.6 is 15.9 Å². The third-order valence-electron chi connectivity index (χ3n) is 5.39. The number of hydrogen-bond acceptors (Lipinski definition) is 4. The zero-order valence-electron chi connectivity index (χ0n) is 17.0. The van der Waals surface area contributed by atoms with Gasteiger partial charge in [0.05, 0.1) is 12.2 Å². The summed E-state index contributed by atoms with van der Waals surface area (Å²) in [6, 6.07) is 7.85. The summed E-state index contributed by atoms with van der Waals surface area (Å²) in [5.74, 6) is -0.615. The minimum absolute atomic E-state index is 0.0907. The molecule has 1 aliphatic heterocycles. The van der Waals surface area contributed by atoms with E-state index in [1.807, 2.05) is 31.2 Å². The molecule has 0 saturated carbocycles. The third kappa shape index (κ3) is 4.24. The molecule has 2 aliphatic rings. The molecule has 1 N–H and O–H groups in total. The summed E-state index contributed by atoms with van der Waals surface area (Å²) in [5.41, 5.74) is 3.83. The number of allylic oxidation sites excluding steroid dienone is 3. The molecule has 0 unspecified atom stereocenters. The number of rotatable bonds is 5. The number of carbonyl (C=O) groups is 2. The Kier molecular flexibility index (Phi) is 6.13. The fraction of sp³-hybridized carbons (Fsp3) is 0.478. The van der Waals surface area contributed by atoms with Gasteiger partial charge in [-0.15, -0.1) is 0 Å². The van der Waals surface area contributed by atoms with Crippen LogP contribution in [0.2, 0.25) is 0 Å².